The molecule has 0 aliphatic carbocycles. The van der Waals surface area contributed by atoms with Gasteiger partial charge in [-0.05, 0) is 30.0 Å². The average Bonchev–Trinajstić information content (AvgIpc) is 3.19. The molecule has 1 aliphatic heterocycles. The number of aliphatic carboxylic acids is 1. The average molecular weight is 420 g/mol. The van der Waals surface area contributed by atoms with Crippen LogP contribution >= 0.6 is 11.3 Å². The lowest BCUT2D eigenvalue weighted by Crippen LogP contribution is -2.40. The molecule has 1 N–H and O–H groups in total. The third-order valence-electron chi connectivity index (χ3n) is 4.91. The number of benzene rings is 1. The van der Waals surface area contributed by atoms with Crippen LogP contribution in [0.3, 0.4) is 0 Å². The highest BCUT2D eigenvalue weighted by molar-refractivity contribution is 7.89. The fraction of sp³-hybridized carbons (Fsp3) is 0.381. The van der Waals surface area contributed by atoms with E-state index >= 15 is 0 Å². The lowest BCUT2D eigenvalue weighted by atomic mass is 10.1. The smallest absolute Gasteiger partial charge is 0.322 e. The standard InChI is InChI=1S/C21H25NO4S2/c1-3-5-6-7-8-15-9-11-16(12-10-15)18-13-20-19(27-18)14-22(28(20,25)26)17(4-2)21(23)24/h7-13,17H,3-6,14H2,1-2H3,(H,23,24). The molecule has 0 bridgehead atoms. The van der Waals surface area contributed by atoms with Gasteiger partial charge in [-0.1, -0.05) is 63.1 Å². The van der Waals surface area contributed by atoms with Crippen LogP contribution in [0.15, 0.2) is 41.3 Å². The number of carbonyl (C=O) groups is 1. The van der Waals surface area contributed by atoms with Crippen LogP contribution in [0.25, 0.3) is 16.5 Å². The molecule has 1 atom stereocenters. The summed E-state index contributed by atoms with van der Waals surface area (Å²) in [6.07, 6.45) is 7.95. The zero-order valence-electron chi connectivity index (χ0n) is 16.1. The minimum atomic E-state index is -3.76. The lowest BCUT2D eigenvalue weighted by Gasteiger charge is -2.21. The van der Waals surface area contributed by atoms with Crippen molar-refractivity contribution in [3.05, 3.63) is 46.8 Å². The van der Waals surface area contributed by atoms with Crippen molar-refractivity contribution in [2.75, 3.05) is 0 Å². The maximum absolute atomic E-state index is 12.8. The molecule has 0 saturated carbocycles. The van der Waals surface area contributed by atoms with Gasteiger partial charge in [0, 0.05) is 9.75 Å². The van der Waals surface area contributed by atoms with Crippen LogP contribution in [-0.4, -0.2) is 29.8 Å². The van der Waals surface area contributed by atoms with E-state index in [-0.39, 0.29) is 17.9 Å². The summed E-state index contributed by atoms with van der Waals surface area (Å²) in [6.45, 7) is 3.99. The highest BCUT2D eigenvalue weighted by Crippen LogP contribution is 2.42. The molecule has 0 fully saturated rings. The normalized spacial score (nSPS) is 17.1. The summed E-state index contributed by atoms with van der Waals surface area (Å²) in [7, 11) is -3.76. The quantitative estimate of drug-likeness (QED) is 0.612. The van der Waals surface area contributed by atoms with Crippen molar-refractivity contribution in [3.63, 3.8) is 0 Å². The molecule has 0 amide bonds. The Morgan fingerprint density at radius 3 is 2.57 bits per heavy atom. The number of thiophene rings is 1. The monoisotopic (exact) mass is 419 g/mol. The molecule has 7 heteroatoms. The van der Waals surface area contributed by atoms with E-state index in [1.807, 2.05) is 24.3 Å². The molecule has 2 aromatic rings. The first kappa shape index (κ1) is 20.8. The van der Waals surface area contributed by atoms with Crippen molar-refractivity contribution in [2.24, 2.45) is 0 Å². The van der Waals surface area contributed by atoms with Crippen molar-refractivity contribution in [3.8, 4) is 10.4 Å². The maximum Gasteiger partial charge on any atom is 0.322 e. The van der Waals surface area contributed by atoms with Gasteiger partial charge in [0.1, 0.15) is 6.04 Å². The van der Waals surface area contributed by atoms with Crippen molar-refractivity contribution < 1.29 is 18.3 Å². The molecule has 0 spiro atoms. The first-order valence-electron chi connectivity index (χ1n) is 9.52. The van der Waals surface area contributed by atoms with Gasteiger partial charge in [0.15, 0.2) is 0 Å². The fourth-order valence-corrected chi connectivity index (χ4v) is 6.72. The van der Waals surface area contributed by atoms with Crippen LogP contribution in [0.5, 0.6) is 0 Å². The Balaban J connectivity index is 1.80. The summed E-state index contributed by atoms with van der Waals surface area (Å²) < 4.78 is 26.7. The molecule has 1 aromatic heterocycles. The van der Waals surface area contributed by atoms with Crippen LogP contribution < -0.4 is 0 Å². The summed E-state index contributed by atoms with van der Waals surface area (Å²) in [5, 5.41) is 9.32. The molecule has 0 saturated heterocycles. The Bertz CT molecular complexity index is 974. The number of rotatable bonds is 8. The van der Waals surface area contributed by atoms with Gasteiger partial charge in [0.05, 0.1) is 11.4 Å². The molecule has 0 radical (unpaired) electrons. The fourth-order valence-electron chi connectivity index (χ4n) is 3.31. The summed E-state index contributed by atoms with van der Waals surface area (Å²) in [6, 6.07) is 8.71. The second kappa shape index (κ2) is 8.59. The molecule has 28 heavy (non-hydrogen) atoms. The van der Waals surface area contributed by atoms with Crippen LogP contribution in [0.2, 0.25) is 0 Å². The lowest BCUT2D eigenvalue weighted by molar-refractivity contribution is -0.141. The molecule has 2 heterocycles. The van der Waals surface area contributed by atoms with Gasteiger partial charge in [-0.2, -0.15) is 4.31 Å². The van der Waals surface area contributed by atoms with Gasteiger partial charge in [-0.25, -0.2) is 8.42 Å². The van der Waals surface area contributed by atoms with Crippen molar-refractivity contribution in [1.29, 1.82) is 0 Å². The molecule has 1 aliphatic rings. The topological polar surface area (TPSA) is 74.7 Å². The summed E-state index contributed by atoms with van der Waals surface area (Å²) in [5.41, 5.74) is 2.09. The third kappa shape index (κ3) is 4.06. The maximum atomic E-state index is 12.8. The van der Waals surface area contributed by atoms with E-state index in [2.05, 4.69) is 19.1 Å². The molecular weight excluding hydrogens is 394 g/mol. The van der Waals surface area contributed by atoms with E-state index in [0.29, 0.717) is 4.88 Å². The molecule has 1 unspecified atom stereocenters. The van der Waals surface area contributed by atoms with Gasteiger partial charge < -0.3 is 5.11 Å². The zero-order valence-corrected chi connectivity index (χ0v) is 17.7. The first-order chi connectivity index (χ1) is 13.4. The molecule has 3 rings (SSSR count). The number of sulfonamides is 1. The van der Waals surface area contributed by atoms with E-state index in [1.54, 1.807) is 13.0 Å². The Kier molecular flexibility index (Phi) is 6.37. The number of carboxylic acid groups (broad SMARTS) is 1. The summed E-state index contributed by atoms with van der Waals surface area (Å²) in [5.74, 6) is -1.11. The molecule has 150 valence electrons. The van der Waals surface area contributed by atoms with Gasteiger partial charge >= 0.3 is 5.97 Å². The van der Waals surface area contributed by atoms with Gasteiger partial charge in [0.2, 0.25) is 10.0 Å². The summed E-state index contributed by atoms with van der Waals surface area (Å²) >= 11 is 1.42. The predicted molar refractivity (Wildman–Crippen MR) is 113 cm³/mol. The number of allylic oxidation sites excluding steroid dienone is 1. The Morgan fingerprint density at radius 2 is 2.00 bits per heavy atom. The van der Waals surface area contributed by atoms with E-state index < -0.39 is 22.0 Å². The van der Waals surface area contributed by atoms with Crippen LogP contribution in [0.4, 0.5) is 0 Å². The second-order valence-electron chi connectivity index (χ2n) is 6.88. The second-order valence-corrected chi connectivity index (χ2v) is 9.87. The van der Waals surface area contributed by atoms with Crippen molar-refractivity contribution in [1.82, 2.24) is 4.31 Å². The minimum Gasteiger partial charge on any atom is -0.480 e. The van der Waals surface area contributed by atoms with Crippen LogP contribution in [-0.2, 0) is 21.4 Å². The minimum absolute atomic E-state index is 0.130. The Morgan fingerprint density at radius 1 is 1.29 bits per heavy atom. The van der Waals surface area contributed by atoms with Crippen molar-refractivity contribution in [2.45, 2.75) is 57.0 Å². The third-order valence-corrected chi connectivity index (χ3v) is 8.12. The number of hydrogen-bond acceptors (Lipinski definition) is 4. The van der Waals surface area contributed by atoms with Gasteiger partial charge in [0.25, 0.3) is 0 Å². The number of carboxylic acids is 1. The SMILES string of the molecule is CCCCC=Cc1ccc(-c2cc3c(s2)CN(C(CC)C(=O)O)S3(=O)=O)cc1. The Labute approximate surface area is 170 Å². The van der Waals surface area contributed by atoms with Gasteiger partial charge in [-0.3, -0.25) is 4.79 Å². The van der Waals surface area contributed by atoms with Crippen molar-refractivity contribution >= 4 is 33.4 Å². The zero-order chi connectivity index (χ0) is 20.3. The highest BCUT2D eigenvalue weighted by Gasteiger charge is 2.42. The van der Waals surface area contributed by atoms with E-state index in [1.165, 1.54) is 24.2 Å². The number of fused-ring (bicyclic) bond motifs is 1. The number of unbranched alkanes of at least 4 members (excludes halogenated alkanes) is 2. The number of hydrogen-bond donors (Lipinski definition) is 1. The van der Waals surface area contributed by atoms with E-state index in [4.69, 9.17) is 0 Å². The molecule has 5 nitrogen and oxygen atoms in total. The first-order valence-corrected chi connectivity index (χ1v) is 11.8. The highest BCUT2D eigenvalue weighted by atomic mass is 32.2. The van der Waals surface area contributed by atoms with Crippen LogP contribution in [0.1, 0.15) is 50.0 Å². The van der Waals surface area contributed by atoms with Gasteiger partial charge in [-0.15, -0.1) is 11.3 Å². The Hall–Kier alpha value is -1.96. The number of nitrogens with zero attached hydrogens (tertiary/aromatic N) is 1. The van der Waals surface area contributed by atoms with E-state index in [9.17, 15) is 18.3 Å². The predicted octanol–water partition coefficient (Wildman–Crippen LogP) is 4.99. The largest absolute Gasteiger partial charge is 0.480 e. The molecule has 1 aromatic carbocycles. The molecular formula is C21H25NO4S2. The summed E-state index contributed by atoms with van der Waals surface area (Å²) in [4.78, 5) is 13.2. The van der Waals surface area contributed by atoms with Crippen LogP contribution in [0, 0.1) is 0 Å². The van der Waals surface area contributed by atoms with E-state index in [0.717, 1.165) is 26.7 Å².